The zero-order valence-electron chi connectivity index (χ0n) is 15.6. The molecule has 0 radical (unpaired) electrons. The van der Waals surface area contributed by atoms with Crippen LogP contribution in [-0.4, -0.2) is 27.1 Å². The summed E-state index contributed by atoms with van der Waals surface area (Å²) in [7, 11) is -3.98. The van der Waals surface area contributed by atoms with Gasteiger partial charge in [0.2, 0.25) is 15.9 Å². The van der Waals surface area contributed by atoms with E-state index < -0.39 is 33.3 Å². The third-order valence-corrected chi connectivity index (χ3v) is 5.24. The van der Waals surface area contributed by atoms with Gasteiger partial charge in [0.15, 0.2) is 11.6 Å². The lowest BCUT2D eigenvalue weighted by molar-refractivity contribution is -0.116. The quantitative estimate of drug-likeness (QED) is 0.810. The molecule has 1 N–H and O–H groups in total. The maximum atomic E-state index is 14.0. The molecule has 0 spiro atoms. The van der Waals surface area contributed by atoms with Gasteiger partial charge in [0.25, 0.3) is 0 Å². The zero-order chi connectivity index (χ0) is 20.4. The second-order valence-corrected chi connectivity index (χ2v) is 8.38. The number of hydrogen-bond donors (Lipinski definition) is 1. The van der Waals surface area contributed by atoms with E-state index in [-0.39, 0.29) is 13.0 Å². The van der Waals surface area contributed by atoms with Gasteiger partial charge in [-0.25, -0.2) is 17.2 Å². The second-order valence-electron chi connectivity index (χ2n) is 6.48. The van der Waals surface area contributed by atoms with Crippen molar-refractivity contribution in [2.75, 3.05) is 22.4 Å². The fourth-order valence-electron chi connectivity index (χ4n) is 2.95. The standard InChI is InChI=1S/C19H22F2N2O3S/c1-12-10-13(2)18(14(3)11-12)22-17(24)8-9-23(27(4,25)26)19-15(20)6-5-7-16(19)21/h5-7,10-11H,8-9H2,1-4H3,(H,22,24). The van der Waals surface area contributed by atoms with Gasteiger partial charge in [-0.2, -0.15) is 0 Å². The summed E-state index contributed by atoms with van der Waals surface area (Å²) in [5.74, 6) is -2.47. The fourth-order valence-corrected chi connectivity index (χ4v) is 3.88. The molecule has 0 fully saturated rings. The number of hydrogen-bond acceptors (Lipinski definition) is 3. The highest BCUT2D eigenvalue weighted by Crippen LogP contribution is 2.26. The first-order valence-electron chi connectivity index (χ1n) is 8.30. The molecule has 146 valence electrons. The Morgan fingerprint density at radius 2 is 1.59 bits per heavy atom. The van der Waals surface area contributed by atoms with Gasteiger partial charge in [0.1, 0.15) is 5.69 Å². The summed E-state index contributed by atoms with van der Waals surface area (Å²) in [6.45, 7) is 5.27. The Bertz CT molecular complexity index is 932. The van der Waals surface area contributed by atoms with Crippen molar-refractivity contribution < 1.29 is 22.0 Å². The van der Waals surface area contributed by atoms with E-state index >= 15 is 0 Å². The third kappa shape index (κ3) is 5.03. The molecule has 0 saturated carbocycles. The highest BCUT2D eigenvalue weighted by molar-refractivity contribution is 7.92. The first-order chi connectivity index (χ1) is 12.5. The number of amides is 1. The summed E-state index contributed by atoms with van der Waals surface area (Å²) in [5, 5.41) is 2.75. The van der Waals surface area contributed by atoms with Crippen LogP contribution in [0.1, 0.15) is 23.1 Å². The highest BCUT2D eigenvalue weighted by atomic mass is 32.2. The number of sulfonamides is 1. The lowest BCUT2D eigenvalue weighted by Crippen LogP contribution is -2.34. The number of nitrogens with one attached hydrogen (secondary N) is 1. The minimum atomic E-state index is -3.98. The first-order valence-corrected chi connectivity index (χ1v) is 10.1. The number of para-hydroxylation sites is 1. The number of halogens is 2. The van der Waals surface area contributed by atoms with E-state index in [4.69, 9.17) is 0 Å². The van der Waals surface area contributed by atoms with E-state index in [0.29, 0.717) is 9.99 Å². The summed E-state index contributed by atoms with van der Waals surface area (Å²) >= 11 is 0. The van der Waals surface area contributed by atoms with Gasteiger partial charge < -0.3 is 5.32 Å². The van der Waals surface area contributed by atoms with E-state index in [0.717, 1.165) is 41.1 Å². The molecule has 2 rings (SSSR count). The molecule has 27 heavy (non-hydrogen) atoms. The maximum absolute atomic E-state index is 14.0. The highest BCUT2D eigenvalue weighted by Gasteiger charge is 2.25. The lowest BCUT2D eigenvalue weighted by atomic mass is 10.1. The van der Waals surface area contributed by atoms with Crippen molar-refractivity contribution in [2.45, 2.75) is 27.2 Å². The summed E-state index contributed by atoms with van der Waals surface area (Å²) in [6, 6.07) is 6.91. The average Bonchev–Trinajstić information content (AvgIpc) is 2.52. The van der Waals surface area contributed by atoms with Crippen LogP contribution in [0.3, 0.4) is 0 Å². The van der Waals surface area contributed by atoms with E-state index in [9.17, 15) is 22.0 Å². The van der Waals surface area contributed by atoms with Crippen molar-refractivity contribution in [3.8, 4) is 0 Å². The molecule has 0 aliphatic carbocycles. The Hall–Kier alpha value is -2.48. The molecule has 0 heterocycles. The molecule has 0 atom stereocenters. The van der Waals surface area contributed by atoms with Gasteiger partial charge in [-0.05, 0) is 44.0 Å². The monoisotopic (exact) mass is 396 g/mol. The van der Waals surface area contributed by atoms with Crippen molar-refractivity contribution >= 4 is 27.3 Å². The maximum Gasteiger partial charge on any atom is 0.232 e. The van der Waals surface area contributed by atoms with Crippen LogP contribution in [0, 0.1) is 32.4 Å². The Labute approximate surface area is 158 Å². The summed E-state index contributed by atoms with van der Waals surface area (Å²) in [6.07, 6.45) is 0.582. The van der Waals surface area contributed by atoms with Crippen molar-refractivity contribution in [1.82, 2.24) is 0 Å². The van der Waals surface area contributed by atoms with Gasteiger partial charge >= 0.3 is 0 Å². The summed E-state index contributed by atoms with van der Waals surface area (Å²) in [5.41, 5.74) is 2.77. The molecule has 0 unspecified atom stereocenters. The summed E-state index contributed by atoms with van der Waals surface area (Å²) in [4.78, 5) is 12.3. The van der Waals surface area contributed by atoms with Crippen molar-refractivity contribution in [2.24, 2.45) is 0 Å². The van der Waals surface area contributed by atoms with E-state index in [1.807, 2.05) is 32.9 Å². The minimum absolute atomic E-state index is 0.256. The van der Waals surface area contributed by atoms with Crippen LogP contribution in [0.2, 0.25) is 0 Å². The Kier molecular flexibility index (Phi) is 6.20. The van der Waals surface area contributed by atoms with E-state index in [2.05, 4.69) is 5.32 Å². The molecular weight excluding hydrogens is 374 g/mol. The summed E-state index contributed by atoms with van der Waals surface area (Å²) < 4.78 is 52.6. The predicted molar refractivity (Wildman–Crippen MR) is 102 cm³/mol. The Balaban J connectivity index is 2.20. The molecular formula is C19H22F2N2O3S. The number of aryl methyl sites for hydroxylation is 3. The van der Waals surface area contributed by atoms with Crippen LogP contribution >= 0.6 is 0 Å². The number of carbonyl (C=O) groups is 1. The number of anilines is 2. The minimum Gasteiger partial charge on any atom is -0.326 e. The van der Waals surface area contributed by atoms with Gasteiger partial charge in [0.05, 0.1) is 6.26 Å². The molecule has 0 aliphatic heterocycles. The fraction of sp³-hybridized carbons (Fsp3) is 0.316. The van der Waals surface area contributed by atoms with Crippen LogP contribution in [-0.2, 0) is 14.8 Å². The average molecular weight is 396 g/mol. The lowest BCUT2D eigenvalue weighted by Gasteiger charge is -2.23. The zero-order valence-corrected chi connectivity index (χ0v) is 16.5. The predicted octanol–water partition coefficient (Wildman–Crippen LogP) is 3.68. The Morgan fingerprint density at radius 3 is 2.07 bits per heavy atom. The van der Waals surface area contributed by atoms with Gasteiger partial charge in [-0.15, -0.1) is 0 Å². The van der Waals surface area contributed by atoms with E-state index in [1.165, 1.54) is 0 Å². The molecule has 0 aliphatic rings. The topological polar surface area (TPSA) is 66.5 Å². The second kappa shape index (κ2) is 8.04. The number of carbonyl (C=O) groups excluding carboxylic acids is 1. The molecule has 1 amide bonds. The molecule has 0 aromatic heterocycles. The van der Waals surface area contributed by atoms with E-state index in [1.54, 1.807) is 0 Å². The van der Waals surface area contributed by atoms with Crippen LogP contribution in [0.4, 0.5) is 20.2 Å². The molecule has 2 aromatic rings. The molecule has 8 heteroatoms. The van der Waals surface area contributed by atoms with Gasteiger partial charge in [-0.3, -0.25) is 9.10 Å². The third-order valence-electron chi connectivity index (χ3n) is 4.07. The molecule has 0 saturated heterocycles. The first kappa shape index (κ1) is 20.8. The van der Waals surface area contributed by atoms with Crippen molar-refractivity contribution in [1.29, 1.82) is 0 Å². The Morgan fingerprint density at radius 1 is 1.07 bits per heavy atom. The van der Waals surface area contributed by atoms with Gasteiger partial charge in [0, 0.05) is 18.7 Å². The number of benzene rings is 2. The van der Waals surface area contributed by atoms with Crippen LogP contribution in [0.25, 0.3) is 0 Å². The largest absolute Gasteiger partial charge is 0.326 e. The SMILES string of the molecule is Cc1cc(C)c(NC(=O)CCN(c2c(F)cccc2F)S(C)(=O)=O)c(C)c1. The molecule has 5 nitrogen and oxygen atoms in total. The molecule has 0 bridgehead atoms. The van der Waals surface area contributed by atoms with Crippen LogP contribution in [0.15, 0.2) is 30.3 Å². The van der Waals surface area contributed by atoms with Crippen LogP contribution in [0.5, 0.6) is 0 Å². The number of nitrogens with zero attached hydrogens (tertiary/aromatic N) is 1. The normalized spacial score (nSPS) is 11.3. The van der Waals surface area contributed by atoms with Crippen molar-refractivity contribution in [3.63, 3.8) is 0 Å². The van der Waals surface area contributed by atoms with Crippen LogP contribution < -0.4 is 9.62 Å². The smallest absolute Gasteiger partial charge is 0.232 e. The number of rotatable bonds is 6. The van der Waals surface area contributed by atoms with Crippen molar-refractivity contribution in [3.05, 3.63) is 58.7 Å². The van der Waals surface area contributed by atoms with Gasteiger partial charge in [-0.1, -0.05) is 23.8 Å². The molecule has 2 aromatic carbocycles.